The molecule has 0 aromatic rings. The van der Waals surface area contributed by atoms with Crippen LogP contribution >= 0.6 is 0 Å². The number of hydrogen-bond acceptors (Lipinski definition) is 3. The summed E-state index contributed by atoms with van der Waals surface area (Å²) in [6, 6.07) is 0. The third kappa shape index (κ3) is 10.5. The van der Waals surface area contributed by atoms with Gasteiger partial charge in [0, 0.05) is 0 Å². The molecule has 0 spiro atoms. The fraction of sp³-hybridized carbons (Fsp3) is 1.00. The minimum Gasteiger partial charge on any atom is -0.393 e. The van der Waals surface area contributed by atoms with Crippen LogP contribution in [0.3, 0.4) is 0 Å². The number of nitrogens with zero attached hydrogens (tertiary/aromatic N) is 3. The Labute approximate surface area is 97.7 Å². The van der Waals surface area contributed by atoms with Crippen LogP contribution < -0.4 is 0 Å². The molecule has 0 saturated carbocycles. The lowest BCUT2D eigenvalue weighted by atomic mass is 10.3. The van der Waals surface area contributed by atoms with Gasteiger partial charge >= 0.3 is 16.5 Å². The zero-order chi connectivity index (χ0) is 11.0. The van der Waals surface area contributed by atoms with Crippen LogP contribution in [0.25, 0.3) is 0 Å². The summed E-state index contributed by atoms with van der Waals surface area (Å²) in [6.07, 6.45) is 2.58. The van der Waals surface area contributed by atoms with Gasteiger partial charge < -0.3 is 13.7 Å². The molecule has 0 aromatic heterocycles. The van der Waals surface area contributed by atoms with Crippen molar-refractivity contribution in [3.8, 4) is 0 Å². The van der Waals surface area contributed by atoms with Crippen molar-refractivity contribution < 1.29 is 0 Å². The van der Waals surface area contributed by atoms with Crippen LogP contribution in [-0.4, -0.2) is 84.6 Å². The molecule has 0 atom stereocenters. The van der Waals surface area contributed by atoms with Crippen molar-refractivity contribution in [2.75, 3.05) is 54.4 Å². The first kappa shape index (κ1) is 14.4. The molecule has 0 aromatic carbocycles. The van der Waals surface area contributed by atoms with Crippen molar-refractivity contribution in [3.05, 3.63) is 0 Å². The Hall–Kier alpha value is 0.412. The molecule has 0 heterocycles. The van der Waals surface area contributed by atoms with Gasteiger partial charge in [-0.3, -0.25) is 0 Å². The SMILES string of the molecule is CN(C)CCCN(C)CCC[N](C)[AlH2]. The summed E-state index contributed by atoms with van der Waals surface area (Å²) in [5.74, 6) is 0. The van der Waals surface area contributed by atoms with E-state index in [9.17, 15) is 0 Å². The highest BCUT2D eigenvalue weighted by Gasteiger charge is 1.98. The van der Waals surface area contributed by atoms with E-state index in [1.165, 1.54) is 55.5 Å². The normalized spacial score (nSPS) is 11.9. The summed E-state index contributed by atoms with van der Waals surface area (Å²) >= 11 is 1.19. The summed E-state index contributed by atoms with van der Waals surface area (Å²) in [7, 11) is 8.69. The molecule has 0 fully saturated rings. The van der Waals surface area contributed by atoms with E-state index in [1.807, 2.05) is 0 Å². The standard InChI is InChI=1S/C10H24N3.Al.2H/c1-11-7-5-9-13(4)10-6-8-12(2)3;;;/h5-10H2,1-4H3;;;/q-1;+1;;. The van der Waals surface area contributed by atoms with Crippen LogP contribution in [0.15, 0.2) is 0 Å². The van der Waals surface area contributed by atoms with Crippen molar-refractivity contribution in [2.24, 2.45) is 0 Å². The molecule has 0 N–H and O–H groups in total. The molecule has 0 saturated heterocycles. The topological polar surface area (TPSA) is 9.72 Å². The van der Waals surface area contributed by atoms with Crippen molar-refractivity contribution in [2.45, 2.75) is 12.8 Å². The van der Waals surface area contributed by atoms with Gasteiger partial charge in [-0.05, 0) is 67.2 Å². The Morgan fingerprint density at radius 2 is 1.29 bits per heavy atom. The van der Waals surface area contributed by atoms with Crippen LogP contribution in [0.5, 0.6) is 0 Å². The minimum absolute atomic E-state index is 1.19. The van der Waals surface area contributed by atoms with Crippen molar-refractivity contribution in [1.82, 2.24) is 13.7 Å². The first-order valence-electron chi connectivity index (χ1n) is 5.50. The Kier molecular flexibility index (Phi) is 8.96. The van der Waals surface area contributed by atoms with E-state index in [2.05, 4.69) is 41.9 Å². The second-order valence-electron chi connectivity index (χ2n) is 4.62. The fourth-order valence-electron chi connectivity index (χ4n) is 1.43. The van der Waals surface area contributed by atoms with Crippen LogP contribution in [0.1, 0.15) is 12.8 Å². The zero-order valence-electron chi connectivity index (χ0n) is 10.6. The van der Waals surface area contributed by atoms with Crippen molar-refractivity contribution >= 4 is 16.5 Å². The molecule has 3 nitrogen and oxygen atoms in total. The van der Waals surface area contributed by atoms with Crippen LogP contribution in [-0.2, 0) is 0 Å². The second-order valence-corrected chi connectivity index (χ2v) is 6.14. The maximum Gasteiger partial charge on any atom is 0.321 e. The highest BCUT2D eigenvalue weighted by molar-refractivity contribution is 6.04. The van der Waals surface area contributed by atoms with E-state index in [0.29, 0.717) is 0 Å². The molecule has 0 unspecified atom stereocenters. The Morgan fingerprint density at radius 1 is 0.786 bits per heavy atom. The second kappa shape index (κ2) is 8.70. The quantitative estimate of drug-likeness (QED) is 0.517. The van der Waals surface area contributed by atoms with Crippen molar-refractivity contribution in [3.63, 3.8) is 0 Å². The molecule has 0 bridgehead atoms. The van der Waals surface area contributed by atoms with Crippen LogP contribution in [0.4, 0.5) is 0 Å². The Bertz CT molecular complexity index is 115. The lowest BCUT2D eigenvalue weighted by Gasteiger charge is -2.19. The predicted octanol–water partition coefficient (Wildman–Crippen LogP) is -0.260. The van der Waals surface area contributed by atoms with Gasteiger partial charge in [-0.25, -0.2) is 0 Å². The molecular weight excluding hydrogens is 189 g/mol. The van der Waals surface area contributed by atoms with Gasteiger partial charge in [0.1, 0.15) is 0 Å². The first-order chi connectivity index (χ1) is 6.52. The maximum absolute atomic E-state index is 2.44. The maximum atomic E-state index is 2.44. The average molecular weight is 215 g/mol. The van der Waals surface area contributed by atoms with Gasteiger partial charge in [-0.2, -0.15) is 0 Å². The largest absolute Gasteiger partial charge is 0.393 e. The summed E-state index contributed by atoms with van der Waals surface area (Å²) in [5.41, 5.74) is 0. The average Bonchev–Trinajstić information content (AvgIpc) is 2.02. The van der Waals surface area contributed by atoms with E-state index in [1.54, 1.807) is 0 Å². The van der Waals surface area contributed by atoms with Gasteiger partial charge in [0.15, 0.2) is 0 Å². The molecule has 0 aliphatic heterocycles. The Balaban J connectivity index is 3.23. The molecule has 0 aliphatic carbocycles. The van der Waals surface area contributed by atoms with Crippen molar-refractivity contribution in [1.29, 1.82) is 0 Å². The Morgan fingerprint density at radius 3 is 1.71 bits per heavy atom. The summed E-state index contributed by atoms with van der Waals surface area (Å²) in [5, 5.41) is 0. The van der Waals surface area contributed by atoms with E-state index in [-0.39, 0.29) is 0 Å². The van der Waals surface area contributed by atoms with Gasteiger partial charge in [0.05, 0.1) is 0 Å². The minimum atomic E-state index is 1.19. The molecule has 14 heavy (non-hydrogen) atoms. The number of rotatable bonds is 8. The molecule has 0 radical (unpaired) electrons. The molecular formula is C10H26AlN3. The number of hydrogen-bond donors (Lipinski definition) is 0. The third-order valence-corrected chi connectivity index (χ3v) is 2.74. The zero-order valence-corrected chi connectivity index (χ0v) is 12.6. The molecule has 4 heteroatoms. The predicted molar refractivity (Wildman–Crippen MR) is 66.5 cm³/mol. The third-order valence-electron chi connectivity index (χ3n) is 2.29. The summed E-state index contributed by atoms with van der Waals surface area (Å²) in [4.78, 5) is 4.69. The first-order valence-corrected chi connectivity index (χ1v) is 6.40. The highest BCUT2D eigenvalue weighted by Crippen LogP contribution is 1.92. The van der Waals surface area contributed by atoms with Gasteiger partial charge in [-0.15, -0.1) is 0 Å². The van der Waals surface area contributed by atoms with Crippen LogP contribution in [0.2, 0.25) is 0 Å². The van der Waals surface area contributed by atoms with E-state index in [4.69, 9.17) is 0 Å². The molecule has 0 amide bonds. The monoisotopic (exact) mass is 215 g/mol. The molecule has 0 aliphatic rings. The van der Waals surface area contributed by atoms with Gasteiger partial charge in [-0.1, -0.05) is 0 Å². The summed E-state index contributed by atoms with van der Waals surface area (Å²) < 4.78 is 2.38. The van der Waals surface area contributed by atoms with Gasteiger partial charge in [0.2, 0.25) is 0 Å². The molecule has 84 valence electrons. The smallest absolute Gasteiger partial charge is 0.321 e. The summed E-state index contributed by atoms with van der Waals surface area (Å²) in [6.45, 7) is 4.91. The van der Waals surface area contributed by atoms with E-state index < -0.39 is 0 Å². The lowest BCUT2D eigenvalue weighted by Crippen LogP contribution is -2.27. The van der Waals surface area contributed by atoms with Gasteiger partial charge in [0.25, 0.3) is 0 Å². The van der Waals surface area contributed by atoms with E-state index in [0.717, 1.165) is 0 Å². The highest BCUT2D eigenvalue weighted by atomic mass is 27.1. The van der Waals surface area contributed by atoms with Crippen LogP contribution in [0, 0.1) is 0 Å². The lowest BCUT2D eigenvalue weighted by molar-refractivity contribution is 0.291. The fourth-order valence-corrected chi connectivity index (χ4v) is 1.74. The molecule has 0 rings (SSSR count). The van der Waals surface area contributed by atoms with E-state index >= 15 is 0 Å².